The van der Waals surface area contributed by atoms with Crippen LogP contribution in [-0.2, 0) is 9.53 Å². The van der Waals surface area contributed by atoms with Gasteiger partial charge in [-0.25, -0.2) is 4.79 Å². The lowest BCUT2D eigenvalue weighted by molar-refractivity contribution is -0.385. The van der Waals surface area contributed by atoms with Crippen LogP contribution in [0.4, 0.5) is 5.69 Å². The number of amides is 1. The normalized spacial score (nSPS) is 14.7. The third-order valence-electron chi connectivity index (χ3n) is 3.27. The molecule has 8 nitrogen and oxygen atoms in total. The number of nitro benzene ring substituents is 1. The third kappa shape index (κ3) is 4.41. The molecule has 8 heteroatoms. The van der Waals surface area contributed by atoms with E-state index in [2.05, 4.69) is 5.32 Å². The maximum atomic E-state index is 12.0. The molecule has 0 spiro atoms. The Labute approximate surface area is 132 Å². The van der Waals surface area contributed by atoms with Crippen molar-refractivity contribution in [3.63, 3.8) is 0 Å². The Kier molecular flexibility index (Phi) is 5.15. The molecule has 124 valence electrons. The Bertz CT molecular complexity index is 626. The molecular formula is C15H18N2O6. The number of ether oxygens (including phenoxy) is 2. The molecule has 1 aromatic carbocycles. The molecule has 1 atom stereocenters. The second-order valence-electron chi connectivity index (χ2n) is 5.20. The Morgan fingerprint density at radius 3 is 2.70 bits per heavy atom. The van der Waals surface area contributed by atoms with Gasteiger partial charge in [-0.05, 0) is 38.8 Å². The van der Waals surface area contributed by atoms with Crippen molar-refractivity contribution in [2.45, 2.75) is 38.8 Å². The molecule has 1 amide bonds. The Morgan fingerprint density at radius 1 is 1.43 bits per heavy atom. The number of nitrogens with zero attached hydrogens (tertiary/aromatic N) is 1. The van der Waals surface area contributed by atoms with Crippen molar-refractivity contribution in [2.24, 2.45) is 0 Å². The van der Waals surface area contributed by atoms with E-state index in [0.29, 0.717) is 0 Å². The van der Waals surface area contributed by atoms with Crippen LogP contribution >= 0.6 is 0 Å². The molecule has 0 heterocycles. The van der Waals surface area contributed by atoms with Crippen LogP contribution < -0.4 is 10.1 Å². The lowest BCUT2D eigenvalue weighted by Gasteiger charge is -2.13. The summed E-state index contributed by atoms with van der Waals surface area (Å²) in [6.07, 6.45) is 0.892. The molecule has 0 unspecified atom stereocenters. The van der Waals surface area contributed by atoms with E-state index in [-0.39, 0.29) is 35.6 Å². The highest BCUT2D eigenvalue weighted by Gasteiger charge is 2.28. The summed E-state index contributed by atoms with van der Waals surface area (Å²) in [6.45, 7) is 3.42. The minimum absolute atomic E-state index is 0.00812. The molecule has 0 aliphatic heterocycles. The monoisotopic (exact) mass is 322 g/mol. The highest BCUT2D eigenvalue weighted by Crippen LogP contribution is 2.28. The van der Waals surface area contributed by atoms with Crippen LogP contribution in [0.25, 0.3) is 0 Å². The van der Waals surface area contributed by atoms with Gasteiger partial charge < -0.3 is 14.8 Å². The van der Waals surface area contributed by atoms with Gasteiger partial charge in [0.25, 0.3) is 5.91 Å². The molecule has 2 rings (SSSR count). The quantitative estimate of drug-likeness (QED) is 0.466. The highest BCUT2D eigenvalue weighted by atomic mass is 16.6. The summed E-state index contributed by atoms with van der Waals surface area (Å²) >= 11 is 0. The SMILES string of the molecule is CCOc1ccc(C(=O)O[C@@H](C)C(=O)NC2CC2)cc1[N+](=O)[O-]. The summed E-state index contributed by atoms with van der Waals surface area (Å²) < 4.78 is 10.2. The zero-order valence-electron chi connectivity index (χ0n) is 12.9. The number of hydrogen-bond acceptors (Lipinski definition) is 6. The van der Waals surface area contributed by atoms with Crippen molar-refractivity contribution in [3.8, 4) is 5.75 Å². The molecule has 23 heavy (non-hydrogen) atoms. The van der Waals surface area contributed by atoms with Gasteiger partial charge in [0.2, 0.25) is 0 Å². The van der Waals surface area contributed by atoms with E-state index in [1.54, 1.807) is 6.92 Å². The summed E-state index contributed by atoms with van der Waals surface area (Å²) in [5.74, 6) is -1.09. The van der Waals surface area contributed by atoms with Crippen LogP contribution in [-0.4, -0.2) is 35.6 Å². The number of carbonyl (C=O) groups excluding carboxylic acids is 2. The first-order valence-electron chi connectivity index (χ1n) is 7.35. The summed E-state index contributed by atoms with van der Waals surface area (Å²) in [4.78, 5) is 34.2. The van der Waals surface area contributed by atoms with E-state index in [9.17, 15) is 19.7 Å². The van der Waals surface area contributed by atoms with Gasteiger partial charge in [0.05, 0.1) is 17.1 Å². The number of benzene rings is 1. The summed E-state index contributed by atoms with van der Waals surface area (Å²) in [7, 11) is 0. The van der Waals surface area contributed by atoms with Crippen molar-refractivity contribution in [1.29, 1.82) is 0 Å². The summed E-state index contributed by atoms with van der Waals surface area (Å²) in [5.41, 5.74) is -0.331. The number of hydrogen-bond donors (Lipinski definition) is 1. The van der Waals surface area contributed by atoms with Crippen molar-refractivity contribution in [3.05, 3.63) is 33.9 Å². The second-order valence-corrected chi connectivity index (χ2v) is 5.20. The van der Waals surface area contributed by atoms with E-state index in [1.165, 1.54) is 19.1 Å². The Hall–Kier alpha value is -2.64. The van der Waals surface area contributed by atoms with E-state index in [0.717, 1.165) is 18.9 Å². The number of nitrogens with one attached hydrogen (secondary N) is 1. The summed E-state index contributed by atoms with van der Waals surface area (Å²) in [6, 6.07) is 3.95. The summed E-state index contributed by atoms with van der Waals surface area (Å²) in [5, 5.41) is 13.8. The molecule has 1 aliphatic rings. The minimum atomic E-state index is -0.964. The van der Waals surface area contributed by atoms with Crippen LogP contribution in [0.2, 0.25) is 0 Å². The Balaban J connectivity index is 2.07. The molecule has 1 aromatic rings. The molecule has 0 aromatic heterocycles. The average Bonchev–Trinajstić information content (AvgIpc) is 3.31. The molecule has 1 saturated carbocycles. The van der Waals surface area contributed by atoms with Gasteiger partial charge in [0, 0.05) is 12.1 Å². The molecular weight excluding hydrogens is 304 g/mol. The fraction of sp³-hybridized carbons (Fsp3) is 0.467. The number of nitro groups is 1. The van der Waals surface area contributed by atoms with Crippen molar-refractivity contribution in [2.75, 3.05) is 6.61 Å². The molecule has 1 N–H and O–H groups in total. The fourth-order valence-corrected chi connectivity index (χ4v) is 1.89. The lowest BCUT2D eigenvalue weighted by atomic mass is 10.2. The van der Waals surface area contributed by atoms with Crippen molar-refractivity contribution in [1.82, 2.24) is 5.32 Å². The van der Waals surface area contributed by atoms with Crippen molar-refractivity contribution < 1.29 is 24.0 Å². The lowest BCUT2D eigenvalue weighted by Crippen LogP contribution is -2.37. The predicted octanol–water partition coefficient (Wildman–Crippen LogP) is 1.82. The smallest absolute Gasteiger partial charge is 0.339 e. The number of esters is 1. The van der Waals surface area contributed by atoms with Crippen molar-refractivity contribution >= 4 is 17.6 Å². The van der Waals surface area contributed by atoms with Gasteiger partial charge in [-0.2, -0.15) is 0 Å². The molecule has 0 bridgehead atoms. The maximum absolute atomic E-state index is 12.0. The predicted molar refractivity (Wildman–Crippen MR) is 80.3 cm³/mol. The largest absolute Gasteiger partial charge is 0.487 e. The zero-order chi connectivity index (χ0) is 17.0. The van der Waals surface area contributed by atoms with Gasteiger partial charge in [0.1, 0.15) is 0 Å². The standard InChI is InChI=1S/C15H18N2O6/c1-3-22-13-7-4-10(8-12(13)17(20)21)15(19)23-9(2)14(18)16-11-5-6-11/h4,7-9,11H,3,5-6H2,1-2H3,(H,16,18)/t9-/m0/s1. The molecule has 1 fully saturated rings. The van der Waals surface area contributed by atoms with Gasteiger partial charge in [-0.1, -0.05) is 0 Å². The van der Waals surface area contributed by atoms with E-state index < -0.39 is 17.0 Å². The zero-order valence-corrected chi connectivity index (χ0v) is 12.9. The van der Waals surface area contributed by atoms with E-state index in [1.807, 2.05) is 0 Å². The van der Waals surface area contributed by atoms with Crippen LogP contribution in [0.15, 0.2) is 18.2 Å². The van der Waals surface area contributed by atoms with E-state index in [4.69, 9.17) is 9.47 Å². The minimum Gasteiger partial charge on any atom is -0.487 e. The first-order valence-corrected chi connectivity index (χ1v) is 7.35. The number of rotatable bonds is 7. The van der Waals surface area contributed by atoms with Crippen LogP contribution in [0.3, 0.4) is 0 Å². The van der Waals surface area contributed by atoms with Gasteiger partial charge >= 0.3 is 11.7 Å². The van der Waals surface area contributed by atoms with E-state index >= 15 is 0 Å². The Morgan fingerprint density at radius 2 is 2.13 bits per heavy atom. The van der Waals surface area contributed by atoms with Crippen LogP contribution in [0.1, 0.15) is 37.0 Å². The molecule has 0 radical (unpaired) electrons. The van der Waals surface area contributed by atoms with Crippen LogP contribution in [0, 0.1) is 10.1 Å². The van der Waals surface area contributed by atoms with Crippen LogP contribution in [0.5, 0.6) is 5.75 Å². The maximum Gasteiger partial charge on any atom is 0.339 e. The second kappa shape index (κ2) is 7.08. The molecule has 0 saturated heterocycles. The average molecular weight is 322 g/mol. The molecule has 1 aliphatic carbocycles. The van der Waals surface area contributed by atoms with Gasteiger partial charge in [0.15, 0.2) is 11.9 Å². The first-order chi connectivity index (χ1) is 10.9. The van der Waals surface area contributed by atoms with Gasteiger partial charge in [-0.3, -0.25) is 14.9 Å². The first kappa shape index (κ1) is 16.7. The highest BCUT2D eigenvalue weighted by molar-refractivity contribution is 5.93. The third-order valence-corrected chi connectivity index (χ3v) is 3.27. The fourth-order valence-electron chi connectivity index (χ4n) is 1.89. The van der Waals surface area contributed by atoms with Gasteiger partial charge in [-0.15, -0.1) is 0 Å². The number of carbonyl (C=O) groups is 2. The topological polar surface area (TPSA) is 108 Å².